The number of halogens is 1. The zero-order chi connectivity index (χ0) is 14.3. The van der Waals surface area contributed by atoms with Gasteiger partial charge in [0.05, 0.1) is 18.3 Å². The second-order valence-electron chi connectivity index (χ2n) is 4.06. The Bertz CT molecular complexity index is 484. The lowest BCUT2D eigenvalue weighted by Gasteiger charge is -2.18. The van der Waals surface area contributed by atoms with Crippen molar-refractivity contribution in [2.45, 2.75) is 13.3 Å². The Kier molecular flexibility index (Phi) is 6.33. The molecule has 0 spiro atoms. The predicted molar refractivity (Wildman–Crippen MR) is 79.5 cm³/mol. The van der Waals surface area contributed by atoms with Gasteiger partial charge in [-0.1, -0.05) is 6.92 Å². The SMILES string of the molecule is CCN(CCC#N)CC(=O)Nc1ccc(N)cc1Br. The molecular formula is C13H17BrN4O. The topological polar surface area (TPSA) is 82.2 Å². The van der Waals surface area contributed by atoms with E-state index in [2.05, 4.69) is 27.3 Å². The van der Waals surface area contributed by atoms with Gasteiger partial charge >= 0.3 is 0 Å². The highest BCUT2D eigenvalue weighted by molar-refractivity contribution is 9.10. The third-order valence-corrected chi connectivity index (χ3v) is 3.28. The van der Waals surface area contributed by atoms with Crippen molar-refractivity contribution in [1.29, 1.82) is 5.26 Å². The molecule has 19 heavy (non-hydrogen) atoms. The molecule has 0 aliphatic rings. The molecule has 1 aromatic rings. The lowest BCUT2D eigenvalue weighted by atomic mass is 10.3. The summed E-state index contributed by atoms with van der Waals surface area (Å²) < 4.78 is 0.751. The first-order valence-corrected chi connectivity index (χ1v) is 6.80. The third kappa shape index (κ3) is 5.28. The fraction of sp³-hybridized carbons (Fsp3) is 0.385. The number of carbonyl (C=O) groups excluding carboxylic acids is 1. The summed E-state index contributed by atoms with van der Waals surface area (Å²) in [4.78, 5) is 13.8. The van der Waals surface area contributed by atoms with Crippen LogP contribution in [0, 0.1) is 11.3 Å². The highest BCUT2D eigenvalue weighted by Crippen LogP contribution is 2.24. The van der Waals surface area contributed by atoms with E-state index in [9.17, 15) is 4.79 Å². The molecule has 0 aliphatic heterocycles. The number of nitrogens with two attached hydrogens (primary N) is 1. The van der Waals surface area contributed by atoms with Crippen LogP contribution >= 0.6 is 15.9 Å². The molecule has 6 heteroatoms. The first-order valence-electron chi connectivity index (χ1n) is 6.01. The van der Waals surface area contributed by atoms with Gasteiger partial charge in [0.15, 0.2) is 0 Å². The highest BCUT2D eigenvalue weighted by Gasteiger charge is 2.10. The maximum Gasteiger partial charge on any atom is 0.238 e. The molecule has 0 fully saturated rings. The number of anilines is 2. The molecule has 1 amide bonds. The lowest BCUT2D eigenvalue weighted by Crippen LogP contribution is -2.33. The van der Waals surface area contributed by atoms with Crippen LogP contribution in [-0.2, 0) is 4.79 Å². The number of amides is 1. The minimum absolute atomic E-state index is 0.106. The third-order valence-electron chi connectivity index (χ3n) is 2.62. The van der Waals surface area contributed by atoms with Crippen molar-refractivity contribution in [3.05, 3.63) is 22.7 Å². The fourth-order valence-corrected chi connectivity index (χ4v) is 2.08. The van der Waals surface area contributed by atoms with Crippen molar-refractivity contribution >= 4 is 33.2 Å². The summed E-state index contributed by atoms with van der Waals surface area (Å²) in [7, 11) is 0. The number of benzene rings is 1. The first kappa shape index (κ1) is 15.5. The molecule has 1 aromatic carbocycles. The molecule has 5 nitrogen and oxygen atoms in total. The van der Waals surface area contributed by atoms with Gasteiger partial charge in [-0.15, -0.1) is 0 Å². The lowest BCUT2D eigenvalue weighted by molar-refractivity contribution is -0.117. The fourth-order valence-electron chi connectivity index (χ4n) is 1.58. The number of nitriles is 1. The van der Waals surface area contributed by atoms with Crippen LogP contribution in [0.15, 0.2) is 22.7 Å². The Labute approximate surface area is 121 Å². The van der Waals surface area contributed by atoms with E-state index in [1.165, 1.54) is 0 Å². The van der Waals surface area contributed by atoms with Crippen molar-refractivity contribution in [3.63, 3.8) is 0 Å². The minimum atomic E-state index is -0.106. The van der Waals surface area contributed by atoms with Gasteiger partial charge < -0.3 is 11.1 Å². The van der Waals surface area contributed by atoms with Gasteiger partial charge in [0.2, 0.25) is 5.91 Å². The maximum atomic E-state index is 11.9. The van der Waals surface area contributed by atoms with E-state index >= 15 is 0 Å². The molecule has 0 aliphatic carbocycles. The Balaban J connectivity index is 2.57. The van der Waals surface area contributed by atoms with Gasteiger partial charge in [-0.05, 0) is 40.7 Å². The van der Waals surface area contributed by atoms with Gasteiger partial charge in [0, 0.05) is 23.1 Å². The Morgan fingerprint density at radius 2 is 2.32 bits per heavy atom. The van der Waals surface area contributed by atoms with Crippen LogP contribution < -0.4 is 11.1 Å². The first-order chi connectivity index (χ1) is 9.06. The predicted octanol–water partition coefficient (Wildman–Crippen LogP) is 2.21. The van der Waals surface area contributed by atoms with Gasteiger partial charge in [0.25, 0.3) is 0 Å². The molecule has 0 aromatic heterocycles. The van der Waals surface area contributed by atoms with Gasteiger partial charge in [-0.2, -0.15) is 5.26 Å². The number of likely N-dealkylation sites (N-methyl/N-ethyl adjacent to an activating group) is 1. The average molecular weight is 325 g/mol. The van der Waals surface area contributed by atoms with E-state index in [4.69, 9.17) is 11.0 Å². The van der Waals surface area contributed by atoms with Crippen LogP contribution in [-0.4, -0.2) is 30.4 Å². The zero-order valence-corrected chi connectivity index (χ0v) is 12.4. The van der Waals surface area contributed by atoms with Crippen molar-refractivity contribution in [2.24, 2.45) is 0 Å². The number of nitrogens with one attached hydrogen (secondary N) is 1. The summed E-state index contributed by atoms with van der Waals surface area (Å²) in [6.07, 6.45) is 0.423. The van der Waals surface area contributed by atoms with E-state index in [1.54, 1.807) is 18.2 Å². The molecule has 3 N–H and O–H groups in total. The zero-order valence-electron chi connectivity index (χ0n) is 10.8. The minimum Gasteiger partial charge on any atom is -0.399 e. The Hall–Kier alpha value is -1.58. The molecule has 0 saturated heterocycles. The van der Waals surface area contributed by atoms with Crippen LogP contribution in [0.1, 0.15) is 13.3 Å². The summed E-state index contributed by atoms with van der Waals surface area (Å²) >= 11 is 3.35. The van der Waals surface area contributed by atoms with Gasteiger partial charge in [-0.3, -0.25) is 9.69 Å². The van der Waals surface area contributed by atoms with Gasteiger partial charge in [-0.25, -0.2) is 0 Å². The maximum absolute atomic E-state index is 11.9. The Morgan fingerprint density at radius 3 is 2.89 bits per heavy atom. The number of hydrogen-bond acceptors (Lipinski definition) is 4. The normalized spacial score (nSPS) is 10.2. The second-order valence-corrected chi connectivity index (χ2v) is 4.92. The summed E-state index contributed by atoms with van der Waals surface area (Å²) in [6, 6.07) is 7.30. The summed E-state index contributed by atoms with van der Waals surface area (Å²) in [5, 5.41) is 11.4. The van der Waals surface area contributed by atoms with E-state index in [0.717, 1.165) is 11.0 Å². The molecule has 0 saturated carbocycles. The standard InChI is InChI=1S/C13H17BrN4O/c1-2-18(7-3-6-15)9-13(19)17-12-5-4-10(16)8-11(12)14/h4-5,8H,2-3,7,9,16H2,1H3,(H,17,19). The quantitative estimate of drug-likeness (QED) is 0.786. The Morgan fingerprint density at radius 1 is 1.58 bits per heavy atom. The second kappa shape index (κ2) is 7.77. The van der Waals surface area contributed by atoms with E-state index in [1.807, 2.05) is 11.8 Å². The smallest absolute Gasteiger partial charge is 0.238 e. The van der Waals surface area contributed by atoms with E-state index in [0.29, 0.717) is 24.3 Å². The molecule has 102 valence electrons. The molecule has 0 radical (unpaired) electrons. The molecule has 0 bridgehead atoms. The highest BCUT2D eigenvalue weighted by atomic mass is 79.9. The van der Waals surface area contributed by atoms with E-state index in [-0.39, 0.29) is 12.5 Å². The molecular weight excluding hydrogens is 308 g/mol. The van der Waals surface area contributed by atoms with Crippen molar-refractivity contribution < 1.29 is 4.79 Å². The van der Waals surface area contributed by atoms with Crippen molar-refractivity contribution in [1.82, 2.24) is 4.90 Å². The molecule has 1 rings (SSSR count). The molecule has 0 atom stereocenters. The largest absolute Gasteiger partial charge is 0.399 e. The van der Waals surface area contributed by atoms with Crippen LogP contribution in [0.3, 0.4) is 0 Å². The monoisotopic (exact) mass is 324 g/mol. The molecule has 0 unspecified atom stereocenters. The van der Waals surface area contributed by atoms with Gasteiger partial charge in [0.1, 0.15) is 0 Å². The summed E-state index contributed by atoms with van der Waals surface area (Å²) in [5.41, 5.74) is 6.96. The van der Waals surface area contributed by atoms with E-state index < -0.39 is 0 Å². The average Bonchev–Trinajstić information content (AvgIpc) is 2.38. The molecule has 0 heterocycles. The van der Waals surface area contributed by atoms with Crippen LogP contribution in [0.25, 0.3) is 0 Å². The number of rotatable bonds is 6. The summed E-state index contributed by atoms with van der Waals surface area (Å²) in [5.74, 6) is -0.106. The van der Waals surface area contributed by atoms with Crippen LogP contribution in [0.2, 0.25) is 0 Å². The summed E-state index contributed by atoms with van der Waals surface area (Å²) in [6.45, 7) is 3.57. The number of nitrogen functional groups attached to an aromatic ring is 1. The van der Waals surface area contributed by atoms with Crippen molar-refractivity contribution in [2.75, 3.05) is 30.7 Å². The number of nitrogens with zero attached hydrogens (tertiary/aromatic N) is 2. The van der Waals surface area contributed by atoms with Crippen LogP contribution in [0.4, 0.5) is 11.4 Å². The number of carbonyl (C=O) groups is 1. The number of hydrogen-bond donors (Lipinski definition) is 2. The van der Waals surface area contributed by atoms with Crippen LogP contribution in [0.5, 0.6) is 0 Å². The van der Waals surface area contributed by atoms with Crippen molar-refractivity contribution in [3.8, 4) is 6.07 Å².